The minimum Gasteiger partial charge on any atom is -0.466 e. The molecule has 1 aliphatic rings. The summed E-state index contributed by atoms with van der Waals surface area (Å²) in [4.78, 5) is 32.0. The molecule has 3 aromatic rings. The van der Waals surface area contributed by atoms with Crippen LogP contribution < -0.4 is 0 Å². The molecule has 1 amide bonds. The standard InChI is InChI=1S/C23H25N3O4/c1-4-29-23(28)17-6-5-11-26(13-17)22(27)18-12-19(16-9-7-14(2)8-10-16)24-21-20(18)15(3)25-30-21/h7-10,12,17H,4-6,11,13H2,1-3H3. The molecular weight excluding hydrogens is 382 g/mol. The summed E-state index contributed by atoms with van der Waals surface area (Å²) in [6, 6.07) is 9.75. The number of esters is 1. The maximum absolute atomic E-state index is 13.5. The summed E-state index contributed by atoms with van der Waals surface area (Å²) in [6.45, 7) is 6.90. The second kappa shape index (κ2) is 8.26. The molecule has 30 heavy (non-hydrogen) atoms. The number of likely N-dealkylation sites (tertiary alicyclic amines) is 1. The molecule has 1 atom stereocenters. The van der Waals surface area contributed by atoms with E-state index < -0.39 is 0 Å². The van der Waals surface area contributed by atoms with E-state index in [1.54, 1.807) is 24.8 Å². The van der Waals surface area contributed by atoms with Crippen LogP contribution in [0.25, 0.3) is 22.4 Å². The van der Waals surface area contributed by atoms with Crippen molar-refractivity contribution in [2.75, 3.05) is 19.7 Å². The van der Waals surface area contributed by atoms with E-state index in [-0.39, 0.29) is 17.8 Å². The van der Waals surface area contributed by atoms with Crippen molar-refractivity contribution in [1.82, 2.24) is 15.0 Å². The first-order chi connectivity index (χ1) is 14.5. The van der Waals surface area contributed by atoms with Crippen LogP contribution in [-0.2, 0) is 9.53 Å². The molecule has 1 aromatic carbocycles. The number of amides is 1. The van der Waals surface area contributed by atoms with Crippen LogP contribution in [0, 0.1) is 19.8 Å². The highest BCUT2D eigenvalue weighted by molar-refractivity contribution is 6.07. The fourth-order valence-electron chi connectivity index (χ4n) is 3.92. The molecule has 0 spiro atoms. The van der Waals surface area contributed by atoms with Gasteiger partial charge in [-0.15, -0.1) is 0 Å². The van der Waals surface area contributed by atoms with Crippen molar-refractivity contribution in [3.05, 3.63) is 47.2 Å². The number of pyridine rings is 1. The summed E-state index contributed by atoms with van der Waals surface area (Å²) >= 11 is 0. The molecule has 0 radical (unpaired) electrons. The quantitative estimate of drug-likeness (QED) is 0.610. The van der Waals surface area contributed by atoms with Crippen molar-refractivity contribution in [2.24, 2.45) is 5.92 Å². The molecule has 3 heterocycles. The largest absolute Gasteiger partial charge is 0.466 e. The molecule has 1 aliphatic heterocycles. The maximum atomic E-state index is 13.5. The highest BCUT2D eigenvalue weighted by atomic mass is 16.5. The Labute approximate surface area is 175 Å². The lowest BCUT2D eigenvalue weighted by atomic mass is 9.96. The number of nitrogens with zero attached hydrogens (tertiary/aromatic N) is 3. The third kappa shape index (κ3) is 3.79. The van der Waals surface area contributed by atoms with Gasteiger partial charge in [-0.05, 0) is 39.7 Å². The maximum Gasteiger partial charge on any atom is 0.310 e. The molecule has 7 heteroatoms. The van der Waals surface area contributed by atoms with Crippen LogP contribution in [0.1, 0.15) is 41.4 Å². The van der Waals surface area contributed by atoms with Gasteiger partial charge >= 0.3 is 5.97 Å². The molecule has 7 nitrogen and oxygen atoms in total. The zero-order valence-corrected chi connectivity index (χ0v) is 17.5. The van der Waals surface area contributed by atoms with Gasteiger partial charge in [-0.1, -0.05) is 35.0 Å². The van der Waals surface area contributed by atoms with Crippen molar-refractivity contribution in [1.29, 1.82) is 0 Å². The van der Waals surface area contributed by atoms with Gasteiger partial charge in [-0.2, -0.15) is 0 Å². The average Bonchev–Trinajstić information content (AvgIpc) is 3.14. The molecule has 1 unspecified atom stereocenters. The Hall–Kier alpha value is -3.22. The summed E-state index contributed by atoms with van der Waals surface area (Å²) in [5.41, 5.74) is 4.15. The number of benzene rings is 1. The highest BCUT2D eigenvalue weighted by Crippen LogP contribution is 2.29. The summed E-state index contributed by atoms with van der Waals surface area (Å²) in [6.07, 6.45) is 1.49. The molecule has 0 N–H and O–H groups in total. The fraction of sp³-hybridized carbons (Fsp3) is 0.391. The molecule has 4 rings (SSSR count). The number of piperidine rings is 1. The van der Waals surface area contributed by atoms with E-state index in [0.29, 0.717) is 47.7 Å². The second-order valence-corrected chi connectivity index (χ2v) is 7.71. The van der Waals surface area contributed by atoms with E-state index in [4.69, 9.17) is 9.26 Å². The molecule has 1 fully saturated rings. The normalized spacial score (nSPS) is 16.6. The number of hydrogen-bond donors (Lipinski definition) is 0. The van der Waals surface area contributed by atoms with Gasteiger partial charge in [0.25, 0.3) is 11.6 Å². The number of fused-ring (bicyclic) bond motifs is 1. The number of aromatic nitrogens is 2. The molecule has 156 valence electrons. The van der Waals surface area contributed by atoms with Crippen LogP contribution in [0.2, 0.25) is 0 Å². The third-order valence-electron chi connectivity index (χ3n) is 5.52. The monoisotopic (exact) mass is 407 g/mol. The molecule has 0 bridgehead atoms. The van der Waals surface area contributed by atoms with Gasteiger partial charge < -0.3 is 14.2 Å². The molecular formula is C23H25N3O4. The summed E-state index contributed by atoms with van der Waals surface area (Å²) in [7, 11) is 0. The Morgan fingerprint density at radius 3 is 2.73 bits per heavy atom. The Morgan fingerprint density at radius 2 is 2.00 bits per heavy atom. The zero-order chi connectivity index (χ0) is 21.3. The Kier molecular flexibility index (Phi) is 5.53. The molecule has 2 aromatic heterocycles. The first-order valence-corrected chi connectivity index (χ1v) is 10.3. The lowest BCUT2D eigenvalue weighted by molar-refractivity contribution is -0.149. The predicted octanol–water partition coefficient (Wildman–Crippen LogP) is 3.92. The van der Waals surface area contributed by atoms with Gasteiger partial charge in [0.1, 0.15) is 0 Å². The van der Waals surface area contributed by atoms with Crippen LogP contribution in [0.5, 0.6) is 0 Å². The van der Waals surface area contributed by atoms with E-state index in [9.17, 15) is 9.59 Å². The minimum atomic E-state index is -0.292. The second-order valence-electron chi connectivity index (χ2n) is 7.71. The molecule has 0 aliphatic carbocycles. The van der Waals surface area contributed by atoms with Gasteiger partial charge in [-0.25, -0.2) is 4.98 Å². The topological polar surface area (TPSA) is 85.5 Å². The SMILES string of the molecule is CCOC(=O)C1CCCN(C(=O)c2cc(-c3ccc(C)cc3)nc3onc(C)c23)C1. The van der Waals surface area contributed by atoms with Gasteiger partial charge in [0, 0.05) is 18.7 Å². The number of rotatable bonds is 4. The lowest BCUT2D eigenvalue weighted by Gasteiger charge is -2.31. The number of carbonyl (C=O) groups excluding carboxylic acids is 2. The van der Waals surface area contributed by atoms with Crippen LogP contribution in [0.4, 0.5) is 0 Å². The van der Waals surface area contributed by atoms with Gasteiger partial charge in [0.2, 0.25) is 0 Å². The first-order valence-electron chi connectivity index (χ1n) is 10.3. The smallest absolute Gasteiger partial charge is 0.310 e. The third-order valence-corrected chi connectivity index (χ3v) is 5.52. The van der Waals surface area contributed by atoms with Crippen LogP contribution >= 0.6 is 0 Å². The molecule has 1 saturated heterocycles. The minimum absolute atomic E-state index is 0.143. The Morgan fingerprint density at radius 1 is 1.23 bits per heavy atom. The van der Waals surface area contributed by atoms with Crippen LogP contribution in [-0.4, -0.2) is 46.6 Å². The van der Waals surface area contributed by atoms with E-state index in [1.807, 2.05) is 31.2 Å². The number of ether oxygens (including phenoxy) is 1. The highest BCUT2D eigenvalue weighted by Gasteiger charge is 2.31. The lowest BCUT2D eigenvalue weighted by Crippen LogP contribution is -2.42. The molecule has 0 saturated carbocycles. The van der Waals surface area contributed by atoms with Gasteiger partial charge in [0.05, 0.1) is 34.9 Å². The fourth-order valence-corrected chi connectivity index (χ4v) is 3.92. The van der Waals surface area contributed by atoms with Crippen LogP contribution in [0.15, 0.2) is 34.9 Å². The van der Waals surface area contributed by atoms with Gasteiger partial charge in [0.15, 0.2) is 0 Å². The number of carbonyl (C=O) groups is 2. The Bertz CT molecular complexity index is 1090. The van der Waals surface area contributed by atoms with Crippen molar-refractivity contribution in [2.45, 2.75) is 33.6 Å². The van der Waals surface area contributed by atoms with E-state index >= 15 is 0 Å². The number of aryl methyl sites for hydroxylation is 2. The van der Waals surface area contributed by atoms with E-state index in [0.717, 1.165) is 24.0 Å². The van der Waals surface area contributed by atoms with Gasteiger partial charge in [-0.3, -0.25) is 9.59 Å². The van der Waals surface area contributed by atoms with Crippen molar-refractivity contribution in [3.63, 3.8) is 0 Å². The summed E-state index contributed by atoms with van der Waals surface area (Å²) in [5, 5.41) is 4.64. The summed E-state index contributed by atoms with van der Waals surface area (Å²) in [5.74, 6) is -0.674. The number of hydrogen-bond acceptors (Lipinski definition) is 6. The predicted molar refractivity (Wildman–Crippen MR) is 112 cm³/mol. The van der Waals surface area contributed by atoms with Crippen molar-refractivity contribution in [3.8, 4) is 11.3 Å². The van der Waals surface area contributed by atoms with E-state index in [2.05, 4.69) is 10.1 Å². The van der Waals surface area contributed by atoms with Crippen molar-refractivity contribution < 1.29 is 18.8 Å². The first kappa shape index (κ1) is 20.1. The Balaban J connectivity index is 1.71. The van der Waals surface area contributed by atoms with Crippen molar-refractivity contribution >= 4 is 23.0 Å². The van der Waals surface area contributed by atoms with Crippen LogP contribution in [0.3, 0.4) is 0 Å². The average molecular weight is 407 g/mol. The zero-order valence-electron chi connectivity index (χ0n) is 17.5. The van der Waals surface area contributed by atoms with E-state index in [1.165, 1.54) is 0 Å². The summed E-state index contributed by atoms with van der Waals surface area (Å²) < 4.78 is 10.6.